The van der Waals surface area contributed by atoms with Crippen LogP contribution in [0.3, 0.4) is 0 Å². The van der Waals surface area contributed by atoms with E-state index in [0.717, 1.165) is 25.8 Å². The molecule has 0 aromatic heterocycles. The van der Waals surface area contributed by atoms with Gasteiger partial charge in [-0.15, -0.1) is 0 Å². The minimum atomic E-state index is -0.249. The van der Waals surface area contributed by atoms with Crippen molar-refractivity contribution in [3.8, 4) is 0 Å². The summed E-state index contributed by atoms with van der Waals surface area (Å²) in [6, 6.07) is 8.40. The molecule has 1 aromatic carbocycles. The van der Waals surface area contributed by atoms with E-state index in [1.54, 1.807) is 0 Å². The molecule has 18 heavy (non-hydrogen) atoms. The summed E-state index contributed by atoms with van der Waals surface area (Å²) in [5.41, 5.74) is 2.17. The van der Waals surface area contributed by atoms with Gasteiger partial charge in [-0.2, -0.15) is 0 Å². The van der Waals surface area contributed by atoms with Gasteiger partial charge in [-0.25, -0.2) is 0 Å². The third kappa shape index (κ3) is 2.43. The molecule has 2 nitrogen and oxygen atoms in total. The highest BCUT2D eigenvalue weighted by atomic mass is 16.2. The Balaban J connectivity index is 2.18. The van der Waals surface area contributed by atoms with Gasteiger partial charge < -0.3 is 5.32 Å². The zero-order valence-electron chi connectivity index (χ0n) is 11.6. The average molecular weight is 245 g/mol. The molecule has 1 N–H and O–H groups in total. The van der Waals surface area contributed by atoms with E-state index in [-0.39, 0.29) is 11.3 Å². The maximum Gasteiger partial charge on any atom is 0.230 e. The van der Waals surface area contributed by atoms with Gasteiger partial charge in [0.1, 0.15) is 0 Å². The molecule has 1 aromatic rings. The normalized spacial score (nSPS) is 17.3. The largest absolute Gasteiger partial charge is 0.355 e. The molecule has 0 atom stereocenters. The van der Waals surface area contributed by atoms with Gasteiger partial charge in [-0.3, -0.25) is 4.79 Å². The van der Waals surface area contributed by atoms with Crippen molar-refractivity contribution in [2.45, 2.75) is 45.4 Å². The van der Waals surface area contributed by atoms with E-state index in [0.29, 0.717) is 5.92 Å². The van der Waals surface area contributed by atoms with Crippen molar-refractivity contribution in [3.05, 3.63) is 35.4 Å². The first kappa shape index (κ1) is 13.1. The maximum absolute atomic E-state index is 12.5. The molecule has 0 unspecified atom stereocenters. The van der Waals surface area contributed by atoms with Gasteiger partial charge in [0.15, 0.2) is 0 Å². The molecule has 1 amide bonds. The lowest BCUT2D eigenvalue weighted by molar-refractivity contribution is -0.130. The van der Waals surface area contributed by atoms with E-state index in [2.05, 4.69) is 50.4 Å². The molecule has 1 fully saturated rings. The lowest BCUT2D eigenvalue weighted by Crippen LogP contribution is -2.50. The summed E-state index contributed by atoms with van der Waals surface area (Å²) in [5.74, 6) is 0.719. The number of benzene rings is 1. The SMILES string of the molecule is Cc1cccc(C2(C(=O)NCC(C)C)CCC2)c1. The van der Waals surface area contributed by atoms with Gasteiger partial charge in [0.2, 0.25) is 5.91 Å². The van der Waals surface area contributed by atoms with E-state index in [9.17, 15) is 4.79 Å². The molecule has 1 aliphatic carbocycles. The zero-order chi connectivity index (χ0) is 13.2. The Labute approximate surface area is 110 Å². The molecule has 1 aliphatic rings. The molecule has 1 saturated carbocycles. The Morgan fingerprint density at radius 3 is 2.61 bits per heavy atom. The van der Waals surface area contributed by atoms with Crippen molar-refractivity contribution in [2.75, 3.05) is 6.54 Å². The van der Waals surface area contributed by atoms with Crippen LogP contribution in [0.15, 0.2) is 24.3 Å². The Kier molecular flexibility index (Phi) is 3.74. The number of amides is 1. The molecule has 98 valence electrons. The fraction of sp³-hybridized carbons (Fsp3) is 0.562. The molecule has 0 radical (unpaired) electrons. The van der Waals surface area contributed by atoms with Crippen molar-refractivity contribution < 1.29 is 4.79 Å². The summed E-state index contributed by atoms with van der Waals surface area (Å²) in [4.78, 5) is 12.5. The molecule has 0 saturated heterocycles. The van der Waals surface area contributed by atoms with Gasteiger partial charge in [-0.05, 0) is 31.2 Å². The highest BCUT2D eigenvalue weighted by Gasteiger charge is 2.45. The van der Waals surface area contributed by atoms with E-state index in [1.165, 1.54) is 11.1 Å². The standard InChI is InChI=1S/C16H23NO/c1-12(2)11-17-15(18)16(8-5-9-16)14-7-4-6-13(3)10-14/h4,6-7,10,12H,5,8-9,11H2,1-3H3,(H,17,18). The third-order valence-corrected chi connectivity index (χ3v) is 3.88. The zero-order valence-corrected chi connectivity index (χ0v) is 11.6. The Bertz CT molecular complexity index is 432. The van der Waals surface area contributed by atoms with E-state index in [1.807, 2.05) is 0 Å². The van der Waals surface area contributed by atoms with Crippen molar-refractivity contribution >= 4 is 5.91 Å². The lowest BCUT2D eigenvalue weighted by atomic mass is 9.63. The molecule has 0 aliphatic heterocycles. The smallest absolute Gasteiger partial charge is 0.230 e. The number of nitrogens with one attached hydrogen (secondary N) is 1. The number of rotatable bonds is 4. The first-order chi connectivity index (χ1) is 8.54. The molecular weight excluding hydrogens is 222 g/mol. The van der Waals surface area contributed by atoms with Crippen LogP contribution in [0.5, 0.6) is 0 Å². The third-order valence-electron chi connectivity index (χ3n) is 3.88. The molecule has 0 heterocycles. The predicted molar refractivity (Wildman–Crippen MR) is 74.6 cm³/mol. The number of hydrogen-bond acceptors (Lipinski definition) is 1. The minimum Gasteiger partial charge on any atom is -0.355 e. The molecule has 0 bridgehead atoms. The second-order valence-electron chi connectivity index (χ2n) is 5.91. The van der Waals surface area contributed by atoms with Gasteiger partial charge in [-0.1, -0.05) is 50.1 Å². The van der Waals surface area contributed by atoms with Crippen LogP contribution in [0.4, 0.5) is 0 Å². The first-order valence-corrected chi connectivity index (χ1v) is 6.90. The Morgan fingerprint density at radius 2 is 2.11 bits per heavy atom. The van der Waals surface area contributed by atoms with E-state index >= 15 is 0 Å². The van der Waals surface area contributed by atoms with Crippen LogP contribution in [0, 0.1) is 12.8 Å². The molecule has 2 rings (SSSR count). The fourth-order valence-corrected chi connectivity index (χ4v) is 2.59. The first-order valence-electron chi connectivity index (χ1n) is 6.90. The highest BCUT2D eigenvalue weighted by Crippen LogP contribution is 2.44. The van der Waals surface area contributed by atoms with Crippen LogP contribution < -0.4 is 5.32 Å². The molecular formula is C16H23NO. The van der Waals surface area contributed by atoms with Gasteiger partial charge in [0.25, 0.3) is 0 Å². The number of carbonyl (C=O) groups excluding carboxylic acids is 1. The second-order valence-corrected chi connectivity index (χ2v) is 5.91. The molecule has 0 spiro atoms. The van der Waals surface area contributed by atoms with Gasteiger partial charge in [0, 0.05) is 6.54 Å². The summed E-state index contributed by atoms with van der Waals surface area (Å²) in [6.45, 7) is 7.11. The Hall–Kier alpha value is -1.31. The highest BCUT2D eigenvalue weighted by molar-refractivity contribution is 5.89. The van der Waals surface area contributed by atoms with Crippen LogP contribution in [-0.4, -0.2) is 12.5 Å². The van der Waals surface area contributed by atoms with Crippen LogP contribution in [0.2, 0.25) is 0 Å². The van der Waals surface area contributed by atoms with Crippen molar-refractivity contribution in [1.29, 1.82) is 0 Å². The van der Waals surface area contributed by atoms with Crippen molar-refractivity contribution in [1.82, 2.24) is 5.32 Å². The molecule has 2 heteroatoms. The van der Waals surface area contributed by atoms with Gasteiger partial charge >= 0.3 is 0 Å². The number of aryl methyl sites for hydroxylation is 1. The topological polar surface area (TPSA) is 29.1 Å². The van der Waals surface area contributed by atoms with E-state index < -0.39 is 0 Å². The Morgan fingerprint density at radius 1 is 1.39 bits per heavy atom. The summed E-state index contributed by atoms with van der Waals surface area (Å²) in [7, 11) is 0. The average Bonchev–Trinajstić information content (AvgIpc) is 2.25. The summed E-state index contributed by atoms with van der Waals surface area (Å²) < 4.78 is 0. The van der Waals surface area contributed by atoms with Gasteiger partial charge in [0.05, 0.1) is 5.41 Å². The summed E-state index contributed by atoms with van der Waals surface area (Å²) in [6.07, 6.45) is 3.13. The minimum absolute atomic E-state index is 0.216. The van der Waals surface area contributed by atoms with E-state index in [4.69, 9.17) is 0 Å². The predicted octanol–water partition coefficient (Wildman–Crippen LogP) is 3.19. The fourth-order valence-electron chi connectivity index (χ4n) is 2.59. The second kappa shape index (κ2) is 5.13. The maximum atomic E-state index is 12.5. The monoisotopic (exact) mass is 245 g/mol. The van der Waals surface area contributed by atoms with Crippen LogP contribution >= 0.6 is 0 Å². The number of carbonyl (C=O) groups is 1. The number of hydrogen-bond donors (Lipinski definition) is 1. The summed E-state index contributed by atoms with van der Waals surface area (Å²) >= 11 is 0. The van der Waals surface area contributed by atoms with Crippen molar-refractivity contribution in [3.63, 3.8) is 0 Å². The van der Waals surface area contributed by atoms with Crippen LogP contribution in [0.1, 0.15) is 44.2 Å². The van der Waals surface area contributed by atoms with Crippen molar-refractivity contribution in [2.24, 2.45) is 5.92 Å². The summed E-state index contributed by atoms with van der Waals surface area (Å²) in [5, 5.41) is 3.10. The van der Waals surface area contributed by atoms with Crippen LogP contribution in [0.25, 0.3) is 0 Å². The quantitative estimate of drug-likeness (QED) is 0.867. The van der Waals surface area contributed by atoms with Crippen LogP contribution in [-0.2, 0) is 10.2 Å². The lowest BCUT2D eigenvalue weighted by Gasteiger charge is -2.41.